The minimum absolute atomic E-state index is 0.289. The molecule has 0 aromatic rings. The van der Waals surface area contributed by atoms with Gasteiger partial charge in [0.2, 0.25) is 0 Å². The van der Waals surface area contributed by atoms with Crippen LogP contribution >= 0.6 is 0 Å². The molecule has 1 aliphatic heterocycles. The maximum atomic E-state index is 10.6. The first-order valence-corrected chi connectivity index (χ1v) is 2.71. The predicted molar refractivity (Wildman–Crippen MR) is 33.9 cm³/mol. The Morgan fingerprint density at radius 3 is 2.56 bits per heavy atom. The van der Waals surface area contributed by atoms with E-state index in [0.717, 1.165) is 5.57 Å². The molecule has 0 saturated carbocycles. The zero-order valence-electron chi connectivity index (χ0n) is 5.14. The molecule has 0 radical (unpaired) electrons. The van der Waals surface area contributed by atoms with Crippen LogP contribution in [0.5, 0.6) is 0 Å². The number of cyclic esters (lactones) is 1. The van der Waals surface area contributed by atoms with E-state index in [4.69, 9.17) is 0 Å². The molecular formula is C7H8O2. The van der Waals surface area contributed by atoms with Gasteiger partial charge < -0.3 is 4.74 Å². The summed E-state index contributed by atoms with van der Waals surface area (Å²) in [5.74, 6) is -0.289. The Balaban J connectivity index is 2.64. The number of carbonyl (C=O) groups is 1. The van der Waals surface area contributed by atoms with E-state index >= 15 is 0 Å². The lowest BCUT2D eigenvalue weighted by Gasteiger charge is -2.14. The highest BCUT2D eigenvalue weighted by Gasteiger charge is 2.15. The molecule has 2 nitrogen and oxygen atoms in total. The average molecular weight is 124 g/mol. The third-order valence-corrected chi connectivity index (χ3v) is 1.16. The summed E-state index contributed by atoms with van der Waals surface area (Å²) < 4.78 is 4.66. The first kappa shape index (κ1) is 6.08. The number of carbonyl (C=O) groups excluding carboxylic acids is 1. The van der Waals surface area contributed by atoms with E-state index < -0.39 is 0 Å². The smallest absolute Gasteiger partial charge is 0.334 e. The highest BCUT2D eigenvalue weighted by Crippen LogP contribution is 2.15. The SMILES string of the molecule is C=C1COC(=O)C(=C)C1. The molecule has 9 heavy (non-hydrogen) atoms. The maximum Gasteiger partial charge on any atom is 0.334 e. The Kier molecular flexibility index (Phi) is 1.39. The van der Waals surface area contributed by atoms with E-state index in [2.05, 4.69) is 17.9 Å². The number of rotatable bonds is 0. The van der Waals surface area contributed by atoms with Gasteiger partial charge in [0.1, 0.15) is 6.61 Å². The number of hydrogen-bond donors (Lipinski definition) is 0. The van der Waals surface area contributed by atoms with Crippen molar-refractivity contribution in [3.05, 3.63) is 24.3 Å². The van der Waals surface area contributed by atoms with Gasteiger partial charge >= 0.3 is 5.97 Å². The Morgan fingerprint density at radius 1 is 1.44 bits per heavy atom. The second-order valence-corrected chi connectivity index (χ2v) is 2.11. The third kappa shape index (κ3) is 1.19. The largest absolute Gasteiger partial charge is 0.458 e. The lowest BCUT2D eigenvalue weighted by molar-refractivity contribution is -0.139. The molecule has 1 aliphatic rings. The Hall–Kier alpha value is -1.05. The van der Waals surface area contributed by atoms with Gasteiger partial charge in [0.15, 0.2) is 0 Å². The van der Waals surface area contributed by atoms with Gasteiger partial charge in [-0.25, -0.2) is 4.79 Å². The lowest BCUT2D eigenvalue weighted by atomic mass is 10.1. The van der Waals surface area contributed by atoms with Crippen molar-refractivity contribution in [2.45, 2.75) is 6.42 Å². The molecule has 1 heterocycles. The summed E-state index contributed by atoms with van der Waals surface area (Å²) in [6.45, 7) is 7.53. The average Bonchev–Trinajstić information content (AvgIpc) is 1.80. The molecule has 48 valence electrons. The summed E-state index contributed by atoms with van der Waals surface area (Å²) in [6, 6.07) is 0. The fraction of sp³-hybridized carbons (Fsp3) is 0.286. The topological polar surface area (TPSA) is 26.3 Å². The minimum Gasteiger partial charge on any atom is -0.458 e. The number of esters is 1. The molecule has 1 fully saturated rings. The summed E-state index contributed by atoms with van der Waals surface area (Å²) >= 11 is 0. The van der Waals surface area contributed by atoms with Gasteiger partial charge in [-0.2, -0.15) is 0 Å². The zero-order chi connectivity index (χ0) is 6.85. The zero-order valence-corrected chi connectivity index (χ0v) is 5.14. The third-order valence-electron chi connectivity index (χ3n) is 1.16. The van der Waals surface area contributed by atoms with E-state index in [0.29, 0.717) is 18.6 Å². The van der Waals surface area contributed by atoms with Crippen molar-refractivity contribution in [2.75, 3.05) is 6.61 Å². The van der Waals surface area contributed by atoms with Gasteiger partial charge in [0, 0.05) is 12.0 Å². The first-order chi connectivity index (χ1) is 4.20. The van der Waals surface area contributed by atoms with Crippen LogP contribution < -0.4 is 0 Å². The Labute approximate surface area is 53.8 Å². The van der Waals surface area contributed by atoms with Crippen molar-refractivity contribution in [3.63, 3.8) is 0 Å². The van der Waals surface area contributed by atoms with Crippen molar-refractivity contribution in [1.29, 1.82) is 0 Å². The molecule has 0 amide bonds. The molecule has 1 saturated heterocycles. The molecule has 0 bridgehead atoms. The van der Waals surface area contributed by atoms with Gasteiger partial charge in [0.25, 0.3) is 0 Å². The van der Waals surface area contributed by atoms with Crippen LogP contribution in [0.2, 0.25) is 0 Å². The quantitative estimate of drug-likeness (QED) is 0.274. The monoisotopic (exact) mass is 124 g/mol. The van der Waals surface area contributed by atoms with Gasteiger partial charge in [-0.1, -0.05) is 13.2 Å². The summed E-state index contributed by atoms with van der Waals surface area (Å²) in [4.78, 5) is 10.6. The summed E-state index contributed by atoms with van der Waals surface area (Å²) in [5.41, 5.74) is 1.42. The molecule has 0 aliphatic carbocycles. The van der Waals surface area contributed by atoms with Gasteiger partial charge in [0.05, 0.1) is 0 Å². The van der Waals surface area contributed by atoms with Crippen LogP contribution in [0.25, 0.3) is 0 Å². The van der Waals surface area contributed by atoms with Gasteiger partial charge in [-0.15, -0.1) is 0 Å². The number of ether oxygens (including phenoxy) is 1. The lowest BCUT2D eigenvalue weighted by Crippen LogP contribution is -2.16. The fourth-order valence-electron chi connectivity index (χ4n) is 0.695. The number of hydrogen-bond acceptors (Lipinski definition) is 2. The predicted octanol–water partition coefficient (Wildman–Crippen LogP) is 1.05. The molecule has 0 spiro atoms. The van der Waals surface area contributed by atoms with Crippen LogP contribution in [0.3, 0.4) is 0 Å². The van der Waals surface area contributed by atoms with Crippen LogP contribution in [-0.2, 0) is 9.53 Å². The Bertz CT molecular complexity index is 179. The highest BCUT2D eigenvalue weighted by atomic mass is 16.5. The van der Waals surface area contributed by atoms with Gasteiger partial charge in [-0.3, -0.25) is 0 Å². The van der Waals surface area contributed by atoms with Crippen LogP contribution in [-0.4, -0.2) is 12.6 Å². The minimum atomic E-state index is -0.289. The maximum absolute atomic E-state index is 10.6. The molecule has 0 unspecified atom stereocenters. The molecule has 0 atom stereocenters. The van der Waals surface area contributed by atoms with Crippen molar-refractivity contribution in [3.8, 4) is 0 Å². The molecular weight excluding hydrogens is 116 g/mol. The van der Waals surface area contributed by atoms with Crippen LogP contribution in [0.4, 0.5) is 0 Å². The molecule has 0 N–H and O–H groups in total. The second kappa shape index (κ2) is 2.05. The molecule has 1 rings (SSSR count). The van der Waals surface area contributed by atoms with E-state index in [1.54, 1.807) is 0 Å². The van der Waals surface area contributed by atoms with Crippen LogP contribution in [0, 0.1) is 0 Å². The fourth-order valence-corrected chi connectivity index (χ4v) is 0.695. The molecule has 0 aromatic carbocycles. The summed E-state index contributed by atoms with van der Waals surface area (Å²) in [7, 11) is 0. The standard InChI is InChI=1S/C7H8O2/c1-5-3-6(2)7(8)9-4-5/h1-4H2. The molecule has 2 heteroatoms. The van der Waals surface area contributed by atoms with Gasteiger partial charge in [-0.05, 0) is 5.57 Å². The van der Waals surface area contributed by atoms with E-state index in [9.17, 15) is 4.79 Å². The summed E-state index contributed by atoms with van der Waals surface area (Å²) in [5, 5.41) is 0. The summed E-state index contributed by atoms with van der Waals surface area (Å²) in [6.07, 6.45) is 0.596. The second-order valence-electron chi connectivity index (χ2n) is 2.11. The highest BCUT2D eigenvalue weighted by molar-refractivity contribution is 5.89. The molecule has 0 aromatic heterocycles. The van der Waals surface area contributed by atoms with Crippen molar-refractivity contribution in [1.82, 2.24) is 0 Å². The van der Waals surface area contributed by atoms with E-state index in [1.807, 2.05) is 0 Å². The van der Waals surface area contributed by atoms with E-state index in [1.165, 1.54) is 0 Å². The van der Waals surface area contributed by atoms with Crippen LogP contribution in [0.15, 0.2) is 24.3 Å². The normalized spacial score (nSPS) is 19.8. The van der Waals surface area contributed by atoms with E-state index in [-0.39, 0.29) is 5.97 Å². The van der Waals surface area contributed by atoms with Crippen molar-refractivity contribution >= 4 is 5.97 Å². The van der Waals surface area contributed by atoms with Crippen LogP contribution in [0.1, 0.15) is 6.42 Å². The Morgan fingerprint density at radius 2 is 2.11 bits per heavy atom. The van der Waals surface area contributed by atoms with Crippen molar-refractivity contribution in [2.24, 2.45) is 0 Å². The van der Waals surface area contributed by atoms with Crippen molar-refractivity contribution < 1.29 is 9.53 Å². The first-order valence-electron chi connectivity index (χ1n) is 2.71.